The van der Waals surface area contributed by atoms with Crippen molar-refractivity contribution in [1.82, 2.24) is 20.4 Å². The Morgan fingerprint density at radius 3 is 2.67 bits per heavy atom. The highest BCUT2D eigenvalue weighted by atomic mass is 35.5. The molecule has 0 spiro atoms. The van der Waals surface area contributed by atoms with Crippen molar-refractivity contribution < 1.29 is 9.53 Å². The van der Waals surface area contributed by atoms with Crippen LogP contribution in [0.3, 0.4) is 0 Å². The predicted octanol–water partition coefficient (Wildman–Crippen LogP) is 2.94. The molecule has 1 fully saturated rings. The summed E-state index contributed by atoms with van der Waals surface area (Å²) in [6.45, 7) is 4.79. The third-order valence-electron chi connectivity index (χ3n) is 5.14. The van der Waals surface area contributed by atoms with Crippen LogP contribution in [0, 0.1) is 11.8 Å². The van der Waals surface area contributed by atoms with Crippen LogP contribution in [0.25, 0.3) is 5.69 Å². The van der Waals surface area contributed by atoms with Gasteiger partial charge < -0.3 is 15.4 Å². The highest BCUT2D eigenvalue weighted by Crippen LogP contribution is 2.24. The largest absolute Gasteiger partial charge is 0.497 e. The zero-order valence-electron chi connectivity index (χ0n) is 16.0. The number of amides is 1. The van der Waals surface area contributed by atoms with Crippen LogP contribution in [0.4, 0.5) is 0 Å². The fourth-order valence-corrected chi connectivity index (χ4v) is 3.47. The van der Waals surface area contributed by atoms with Gasteiger partial charge in [0.2, 0.25) is 5.91 Å². The highest BCUT2D eigenvalue weighted by Gasteiger charge is 2.21. The summed E-state index contributed by atoms with van der Waals surface area (Å²) in [6, 6.07) is 9.64. The molecular formula is C20H29ClN4O2. The molecule has 1 aromatic heterocycles. The molecule has 7 heteroatoms. The number of nitrogens with one attached hydrogen (secondary N) is 2. The Bertz CT molecular complexity index is 711. The smallest absolute Gasteiger partial charge is 0.220 e. The summed E-state index contributed by atoms with van der Waals surface area (Å²) in [5.74, 6) is 2.00. The molecule has 1 saturated heterocycles. The number of nitrogens with zero attached hydrogens (tertiary/aromatic N) is 2. The molecule has 148 valence electrons. The summed E-state index contributed by atoms with van der Waals surface area (Å²) in [4.78, 5) is 12.2. The standard InChI is InChI=1S/C20H28N4O2.ClH/c1-15(16-7-10-21-11-8-16)13-20(25)22-14-17-9-12-24(23-17)18-3-5-19(26-2)6-4-18;/h3-6,9,12,15-16,21H,7-8,10-11,13-14H2,1-2H3,(H,22,25);1H. The lowest BCUT2D eigenvalue weighted by Gasteiger charge is -2.27. The molecule has 2 N–H and O–H groups in total. The topological polar surface area (TPSA) is 68.2 Å². The monoisotopic (exact) mass is 392 g/mol. The zero-order valence-corrected chi connectivity index (χ0v) is 16.8. The Hall–Kier alpha value is -2.05. The van der Waals surface area contributed by atoms with Gasteiger partial charge in [0.25, 0.3) is 0 Å². The Morgan fingerprint density at radius 1 is 1.30 bits per heavy atom. The molecule has 1 aromatic carbocycles. The number of aromatic nitrogens is 2. The van der Waals surface area contributed by atoms with Gasteiger partial charge >= 0.3 is 0 Å². The van der Waals surface area contributed by atoms with Crippen molar-refractivity contribution in [3.8, 4) is 11.4 Å². The van der Waals surface area contributed by atoms with E-state index in [9.17, 15) is 4.79 Å². The van der Waals surface area contributed by atoms with Crippen molar-refractivity contribution in [2.75, 3.05) is 20.2 Å². The first-order valence-electron chi connectivity index (χ1n) is 9.32. The van der Waals surface area contributed by atoms with Crippen LogP contribution in [-0.2, 0) is 11.3 Å². The van der Waals surface area contributed by atoms with E-state index < -0.39 is 0 Å². The molecule has 0 radical (unpaired) electrons. The second kappa shape index (κ2) is 10.3. The lowest BCUT2D eigenvalue weighted by Crippen LogP contribution is -2.33. The fraction of sp³-hybridized carbons (Fsp3) is 0.500. The van der Waals surface area contributed by atoms with E-state index >= 15 is 0 Å². The summed E-state index contributed by atoms with van der Waals surface area (Å²) < 4.78 is 6.97. The van der Waals surface area contributed by atoms with E-state index in [-0.39, 0.29) is 18.3 Å². The van der Waals surface area contributed by atoms with Gasteiger partial charge in [0.1, 0.15) is 5.75 Å². The van der Waals surface area contributed by atoms with Gasteiger partial charge in [-0.15, -0.1) is 12.4 Å². The van der Waals surface area contributed by atoms with Gasteiger partial charge in [-0.3, -0.25) is 4.79 Å². The third kappa shape index (κ3) is 5.97. The summed E-state index contributed by atoms with van der Waals surface area (Å²) in [7, 11) is 1.65. The molecule has 27 heavy (non-hydrogen) atoms. The van der Waals surface area contributed by atoms with Crippen LogP contribution in [-0.4, -0.2) is 35.9 Å². The SMILES string of the molecule is COc1ccc(-n2ccc(CNC(=O)CC(C)C3CCNCC3)n2)cc1.Cl. The number of methoxy groups -OCH3 is 1. The highest BCUT2D eigenvalue weighted by molar-refractivity contribution is 5.85. The van der Waals surface area contributed by atoms with Crippen molar-refractivity contribution in [3.05, 3.63) is 42.2 Å². The van der Waals surface area contributed by atoms with Gasteiger partial charge in [-0.25, -0.2) is 4.68 Å². The number of ether oxygens (including phenoxy) is 1. The minimum absolute atomic E-state index is 0. The molecule has 0 bridgehead atoms. The van der Waals surface area contributed by atoms with Crippen LogP contribution >= 0.6 is 12.4 Å². The third-order valence-corrected chi connectivity index (χ3v) is 5.14. The molecule has 1 amide bonds. The maximum Gasteiger partial charge on any atom is 0.220 e. The fourth-order valence-electron chi connectivity index (χ4n) is 3.47. The molecule has 1 atom stereocenters. The summed E-state index contributed by atoms with van der Waals surface area (Å²) in [5.41, 5.74) is 1.81. The first kappa shape index (κ1) is 21.3. The summed E-state index contributed by atoms with van der Waals surface area (Å²) in [6.07, 6.45) is 4.83. The van der Waals surface area contributed by atoms with Crippen molar-refractivity contribution in [2.45, 2.75) is 32.7 Å². The molecule has 2 heterocycles. The van der Waals surface area contributed by atoms with Crippen molar-refractivity contribution in [3.63, 3.8) is 0 Å². The molecule has 1 unspecified atom stereocenters. The van der Waals surface area contributed by atoms with Crippen molar-refractivity contribution in [2.24, 2.45) is 11.8 Å². The average molecular weight is 393 g/mol. The quantitative estimate of drug-likeness (QED) is 0.760. The lowest BCUT2D eigenvalue weighted by molar-refractivity contribution is -0.122. The van der Waals surface area contributed by atoms with E-state index in [1.165, 1.54) is 12.8 Å². The Balaban J connectivity index is 0.00000261. The minimum atomic E-state index is 0. The zero-order chi connectivity index (χ0) is 18.4. The molecule has 2 aromatic rings. The Morgan fingerprint density at radius 2 is 2.00 bits per heavy atom. The van der Waals surface area contributed by atoms with Crippen LogP contribution in [0.15, 0.2) is 36.5 Å². The predicted molar refractivity (Wildman–Crippen MR) is 109 cm³/mol. The van der Waals surface area contributed by atoms with Crippen LogP contribution < -0.4 is 15.4 Å². The van der Waals surface area contributed by atoms with Crippen LogP contribution in [0.5, 0.6) is 5.75 Å². The normalized spacial score (nSPS) is 15.6. The van der Waals surface area contributed by atoms with Gasteiger partial charge in [-0.2, -0.15) is 5.10 Å². The van der Waals surface area contributed by atoms with Gasteiger partial charge in [-0.1, -0.05) is 6.92 Å². The number of carbonyl (C=O) groups excluding carboxylic acids is 1. The molecular weight excluding hydrogens is 364 g/mol. The van der Waals surface area contributed by atoms with Crippen molar-refractivity contribution >= 4 is 18.3 Å². The van der Waals surface area contributed by atoms with Gasteiger partial charge in [0, 0.05) is 12.6 Å². The maximum absolute atomic E-state index is 12.2. The Kier molecular flexibility index (Phi) is 8.13. The summed E-state index contributed by atoms with van der Waals surface area (Å²) >= 11 is 0. The average Bonchev–Trinajstić information content (AvgIpc) is 3.16. The maximum atomic E-state index is 12.2. The minimum Gasteiger partial charge on any atom is -0.497 e. The molecule has 3 rings (SSSR count). The van der Waals surface area contributed by atoms with Crippen LogP contribution in [0.1, 0.15) is 31.9 Å². The molecule has 1 aliphatic rings. The number of hydrogen-bond donors (Lipinski definition) is 2. The molecule has 0 aliphatic carbocycles. The first-order chi connectivity index (χ1) is 12.7. The van der Waals surface area contributed by atoms with E-state index in [0.29, 0.717) is 24.8 Å². The summed E-state index contributed by atoms with van der Waals surface area (Å²) in [5, 5.41) is 10.9. The van der Waals surface area contributed by atoms with E-state index in [0.717, 1.165) is 30.2 Å². The number of piperidine rings is 1. The second-order valence-corrected chi connectivity index (χ2v) is 7.00. The Labute approximate surface area is 167 Å². The number of carbonyl (C=O) groups is 1. The number of halogens is 1. The first-order valence-corrected chi connectivity index (χ1v) is 9.32. The molecule has 1 aliphatic heterocycles. The van der Waals surface area contributed by atoms with Crippen LogP contribution in [0.2, 0.25) is 0 Å². The molecule has 6 nitrogen and oxygen atoms in total. The van der Waals surface area contributed by atoms with E-state index in [1.54, 1.807) is 11.8 Å². The number of hydrogen-bond acceptors (Lipinski definition) is 4. The van der Waals surface area contributed by atoms with Gasteiger partial charge in [0.15, 0.2) is 0 Å². The number of rotatable bonds is 7. The van der Waals surface area contributed by atoms with E-state index in [4.69, 9.17) is 4.74 Å². The van der Waals surface area contributed by atoms with E-state index in [1.807, 2.05) is 36.5 Å². The van der Waals surface area contributed by atoms with E-state index in [2.05, 4.69) is 22.7 Å². The lowest BCUT2D eigenvalue weighted by atomic mass is 9.84. The second-order valence-electron chi connectivity index (χ2n) is 7.00. The van der Waals surface area contributed by atoms with Gasteiger partial charge in [0.05, 0.1) is 25.0 Å². The van der Waals surface area contributed by atoms with Crippen molar-refractivity contribution in [1.29, 1.82) is 0 Å². The number of benzene rings is 1. The van der Waals surface area contributed by atoms with Gasteiger partial charge in [-0.05, 0) is 68.1 Å². The molecule has 0 saturated carbocycles.